The van der Waals surface area contributed by atoms with E-state index in [0.29, 0.717) is 46.7 Å². The molecule has 2 heterocycles. The number of nitrogens with zero attached hydrogens (tertiary/aromatic N) is 2. The second kappa shape index (κ2) is 5.61. The van der Waals surface area contributed by atoms with Gasteiger partial charge in [-0.3, -0.25) is 0 Å². The Labute approximate surface area is 138 Å². The van der Waals surface area contributed by atoms with Gasteiger partial charge in [-0.15, -0.1) is 0 Å². The number of benzene rings is 2. The molecule has 2 aromatic carbocycles. The summed E-state index contributed by atoms with van der Waals surface area (Å²) in [6, 6.07) is 19.4. The molecule has 4 nitrogen and oxygen atoms in total. The van der Waals surface area contributed by atoms with Crippen LogP contribution in [0.1, 0.15) is 22.6 Å². The largest absolute Gasteiger partial charge is 0.460 e. The standard InChI is InChI=1S/C20H12N2O2/c21-11-15-13-5-1-3-7-17(13)23-19(15)9-10-20-16(12-22)14-6-2-4-8-18(14)24-20/h1-8H,9-10H2. The predicted octanol–water partition coefficient (Wildman–Crippen LogP) is 4.71. The molecule has 4 heteroatoms. The maximum Gasteiger partial charge on any atom is 0.135 e. The molecule has 2 aromatic heterocycles. The summed E-state index contributed by atoms with van der Waals surface area (Å²) in [5, 5.41) is 20.5. The fraction of sp³-hybridized carbons (Fsp3) is 0.100. The first-order valence-corrected chi connectivity index (χ1v) is 7.63. The molecule has 0 N–H and O–H groups in total. The van der Waals surface area contributed by atoms with Gasteiger partial charge in [-0.1, -0.05) is 24.3 Å². The summed E-state index contributed by atoms with van der Waals surface area (Å²) < 4.78 is 11.6. The first-order valence-electron chi connectivity index (χ1n) is 7.63. The van der Waals surface area contributed by atoms with Crippen molar-refractivity contribution in [3.63, 3.8) is 0 Å². The van der Waals surface area contributed by atoms with E-state index in [0.717, 1.165) is 10.8 Å². The van der Waals surface area contributed by atoms with Crippen molar-refractivity contribution < 1.29 is 8.83 Å². The molecule has 4 rings (SSSR count). The first-order chi connectivity index (χ1) is 11.8. The lowest BCUT2D eigenvalue weighted by atomic mass is 10.1. The van der Waals surface area contributed by atoms with Crippen molar-refractivity contribution in [3.8, 4) is 12.1 Å². The van der Waals surface area contributed by atoms with Gasteiger partial charge in [0.15, 0.2) is 0 Å². The molecular formula is C20H12N2O2. The molecule has 0 unspecified atom stereocenters. The van der Waals surface area contributed by atoms with Crippen LogP contribution in [-0.4, -0.2) is 0 Å². The van der Waals surface area contributed by atoms with E-state index in [2.05, 4.69) is 12.1 Å². The fourth-order valence-corrected chi connectivity index (χ4v) is 3.02. The smallest absolute Gasteiger partial charge is 0.135 e. The lowest BCUT2D eigenvalue weighted by molar-refractivity contribution is 0.508. The quantitative estimate of drug-likeness (QED) is 0.549. The molecular weight excluding hydrogens is 300 g/mol. The van der Waals surface area contributed by atoms with Crippen molar-refractivity contribution in [2.45, 2.75) is 12.8 Å². The van der Waals surface area contributed by atoms with E-state index in [1.54, 1.807) is 0 Å². The molecule has 0 aliphatic carbocycles. The third-order valence-electron chi connectivity index (χ3n) is 4.14. The summed E-state index contributed by atoms with van der Waals surface area (Å²) in [6.45, 7) is 0. The van der Waals surface area contributed by atoms with Gasteiger partial charge in [0.25, 0.3) is 0 Å². The SMILES string of the molecule is N#Cc1c(CCc2oc3ccccc3c2C#N)oc2ccccc12. The van der Waals surface area contributed by atoms with Crippen molar-refractivity contribution in [1.29, 1.82) is 10.5 Å². The minimum atomic E-state index is 0.506. The van der Waals surface area contributed by atoms with Crippen LogP contribution in [0.15, 0.2) is 57.4 Å². The Hall–Kier alpha value is -3.50. The monoisotopic (exact) mass is 312 g/mol. The highest BCUT2D eigenvalue weighted by atomic mass is 16.3. The molecule has 114 valence electrons. The maximum atomic E-state index is 9.43. The van der Waals surface area contributed by atoms with Gasteiger partial charge in [-0.05, 0) is 24.3 Å². The highest BCUT2D eigenvalue weighted by Gasteiger charge is 2.17. The maximum absolute atomic E-state index is 9.43. The average Bonchev–Trinajstić information content (AvgIpc) is 3.16. The molecule has 0 saturated heterocycles. The van der Waals surface area contributed by atoms with E-state index in [-0.39, 0.29) is 0 Å². The van der Waals surface area contributed by atoms with Crippen LogP contribution in [0.25, 0.3) is 21.9 Å². The summed E-state index contributed by atoms with van der Waals surface area (Å²) in [7, 11) is 0. The van der Waals surface area contributed by atoms with E-state index >= 15 is 0 Å². The highest BCUT2D eigenvalue weighted by molar-refractivity contribution is 5.86. The van der Waals surface area contributed by atoms with Crippen LogP contribution in [0.2, 0.25) is 0 Å². The lowest BCUT2D eigenvalue weighted by Crippen LogP contribution is -1.92. The Morgan fingerprint density at radius 1 is 0.667 bits per heavy atom. The zero-order valence-corrected chi connectivity index (χ0v) is 12.7. The van der Waals surface area contributed by atoms with Gasteiger partial charge in [-0.25, -0.2) is 0 Å². The molecule has 0 bridgehead atoms. The molecule has 0 fully saturated rings. The number of fused-ring (bicyclic) bond motifs is 2. The van der Waals surface area contributed by atoms with Crippen LogP contribution in [-0.2, 0) is 12.8 Å². The second-order valence-electron chi connectivity index (χ2n) is 5.52. The molecule has 0 radical (unpaired) electrons. The number of hydrogen-bond donors (Lipinski definition) is 0. The predicted molar refractivity (Wildman–Crippen MR) is 89.3 cm³/mol. The number of nitriles is 2. The van der Waals surface area contributed by atoms with Crippen LogP contribution in [0.4, 0.5) is 0 Å². The fourth-order valence-electron chi connectivity index (χ4n) is 3.02. The molecule has 0 amide bonds. The third kappa shape index (κ3) is 2.14. The van der Waals surface area contributed by atoms with Gasteiger partial charge in [-0.2, -0.15) is 10.5 Å². The minimum Gasteiger partial charge on any atom is -0.460 e. The van der Waals surface area contributed by atoms with Crippen molar-refractivity contribution in [3.05, 3.63) is 71.2 Å². The topological polar surface area (TPSA) is 73.9 Å². The Morgan fingerprint density at radius 3 is 1.50 bits per heavy atom. The molecule has 4 aromatic rings. The molecule has 0 aliphatic rings. The second-order valence-corrected chi connectivity index (χ2v) is 5.52. The zero-order chi connectivity index (χ0) is 16.5. The van der Waals surface area contributed by atoms with Crippen molar-refractivity contribution >= 4 is 21.9 Å². The molecule has 0 spiro atoms. The summed E-state index contributed by atoms with van der Waals surface area (Å²) in [5.41, 5.74) is 2.52. The normalized spacial score (nSPS) is 10.8. The summed E-state index contributed by atoms with van der Waals surface area (Å²) >= 11 is 0. The van der Waals surface area contributed by atoms with Crippen molar-refractivity contribution in [2.75, 3.05) is 0 Å². The van der Waals surface area contributed by atoms with E-state index in [4.69, 9.17) is 8.83 Å². The van der Waals surface area contributed by atoms with Gasteiger partial charge >= 0.3 is 0 Å². The minimum absolute atomic E-state index is 0.506. The summed E-state index contributed by atoms with van der Waals surface area (Å²) in [4.78, 5) is 0. The number of furan rings is 2. The molecule has 0 aliphatic heterocycles. The van der Waals surface area contributed by atoms with Crippen molar-refractivity contribution in [1.82, 2.24) is 0 Å². The summed E-state index contributed by atoms with van der Waals surface area (Å²) in [6.07, 6.45) is 1.01. The van der Waals surface area contributed by atoms with E-state index in [1.807, 2.05) is 48.5 Å². The number of rotatable bonds is 3. The molecule has 0 saturated carbocycles. The van der Waals surface area contributed by atoms with Crippen LogP contribution < -0.4 is 0 Å². The van der Waals surface area contributed by atoms with E-state index in [9.17, 15) is 10.5 Å². The van der Waals surface area contributed by atoms with Crippen LogP contribution in [0.3, 0.4) is 0 Å². The third-order valence-corrected chi connectivity index (χ3v) is 4.14. The Balaban J connectivity index is 1.71. The van der Waals surface area contributed by atoms with Gasteiger partial charge in [0.1, 0.15) is 46.0 Å². The number of aryl methyl sites for hydroxylation is 2. The Kier molecular flexibility index (Phi) is 3.30. The van der Waals surface area contributed by atoms with Crippen molar-refractivity contribution in [2.24, 2.45) is 0 Å². The van der Waals surface area contributed by atoms with Crippen LogP contribution in [0.5, 0.6) is 0 Å². The van der Waals surface area contributed by atoms with Gasteiger partial charge in [0.2, 0.25) is 0 Å². The van der Waals surface area contributed by atoms with Crippen LogP contribution >= 0.6 is 0 Å². The summed E-state index contributed by atoms with van der Waals surface area (Å²) in [5.74, 6) is 1.26. The van der Waals surface area contributed by atoms with E-state index in [1.165, 1.54) is 0 Å². The van der Waals surface area contributed by atoms with Gasteiger partial charge < -0.3 is 8.83 Å². The van der Waals surface area contributed by atoms with Gasteiger partial charge in [0, 0.05) is 23.6 Å². The number of para-hydroxylation sites is 2. The molecule has 24 heavy (non-hydrogen) atoms. The highest BCUT2D eigenvalue weighted by Crippen LogP contribution is 2.29. The van der Waals surface area contributed by atoms with Gasteiger partial charge in [0.05, 0.1) is 0 Å². The average molecular weight is 312 g/mol. The van der Waals surface area contributed by atoms with Crippen LogP contribution in [0, 0.1) is 22.7 Å². The number of hydrogen-bond acceptors (Lipinski definition) is 4. The first kappa shape index (κ1) is 14.1. The molecule has 0 atom stereocenters. The Morgan fingerprint density at radius 2 is 1.08 bits per heavy atom. The zero-order valence-electron chi connectivity index (χ0n) is 12.7. The van der Waals surface area contributed by atoms with E-state index < -0.39 is 0 Å². The Bertz CT molecular complexity index is 1040. The lowest BCUT2D eigenvalue weighted by Gasteiger charge is -1.96.